The summed E-state index contributed by atoms with van der Waals surface area (Å²) < 4.78 is 8.12. The Labute approximate surface area is 208 Å². The minimum absolute atomic E-state index is 0.167. The predicted octanol–water partition coefficient (Wildman–Crippen LogP) is 2.57. The number of amides is 1. The van der Waals surface area contributed by atoms with E-state index in [-0.39, 0.29) is 19.0 Å². The van der Waals surface area contributed by atoms with Crippen LogP contribution >= 0.6 is 0 Å². The fourth-order valence-electron chi connectivity index (χ4n) is 4.71. The first-order chi connectivity index (χ1) is 17.5. The molecule has 1 aliphatic rings. The third kappa shape index (κ3) is 4.62. The fraction of sp³-hybridized carbons (Fsp3) is 0.250. The van der Waals surface area contributed by atoms with Crippen molar-refractivity contribution >= 4 is 22.6 Å². The van der Waals surface area contributed by atoms with Crippen LogP contribution in [0.1, 0.15) is 5.56 Å². The van der Waals surface area contributed by atoms with Crippen molar-refractivity contribution < 1.29 is 9.53 Å². The van der Waals surface area contributed by atoms with E-state index in [0.29, 0.717) is 37.2 Å². The number of nitrogens with zero attached hydrogens (tertiary/aromatic N) is 4. The van der Waals surface area contributed by atoms with E-state index < -0.39 is 11.1 Å². The number of benzene rings is 3. The van der Waals surface area contributed by atoms with E-state index in [1.54, 1.807) is 18.1 Å². The highest BCUT2D eigenvalue weighted by molar-refractivity contribution is 5.80. The molecule has 0 spiro atoms. The molecular formula is C28H28N4O4. The number of hydrogen-bond acceptors (Lipinski definition) is 5. The number of carbonyl (C=O) groups excluding carboxylic acids is 1. The van der Waals surface area contributed by atoms with Crippen LogP contribution in [0.4, 0.5) is 5.69 Å². The van der Waals surface area contributed by atoms with Crippen molar-refractivity contribution in [1.82, 2.24) is 14.0 Å². The van der Waals surface area contributed by atoms with Gasteiger partial charge in [-0.05, 0) is 29.8 Å². The lowest BCUT2D eigenvalue weighted by atomic mass is 10.2. The molecule has 8 nitrogen and oxygen atoms in total. The highest BCUT2D eigenvalue weighted by Crippen LogP contribution is 2.22. The molecule has 8 heteroatoms. The number of ether oxygens (including phenoxy) is 1. The van der Waals surface area contributed by atoms with Crippen molar-refractivity contribution in [3.8, 4) is 5.75 Å². The molecule has 4 aromatic rings. The Morgan fingerprint density at radius 1 is 0.778 bits per heavy atom. The second-order valence-corrected chi connectivity index (χ2v) is 8.83. The van der Waals surface area contributed by atoms with E-state index in [2.05, 4.69) is 4.90 Å². The average molecular weight is 485 g/mol. The second kappa shape index (κ2) is 10.1. The number of anilines is 1. The number of methoxy groups -OCH3 is 1. The standard InChI is InChI=1S/C28H28N4O4/c1-36-23-11-7-10-22(18-23)29-14-16-30(17-15-29)26(33)20-32-25-13-6-5-12-24(25)31(27(34)28(32)35)19-21-8-3-2-4-9-21/h2-13,18H,14-17,19-20H2,1H3. The molecule has 0 atom stereocenters. The molecule has 1 aromatic heterocycles. The Kier molecular flexibility index (Phi) is 6.58. The Hall–Kier alpha value is -4.33. The first-order valence-corrected chi connectivity index (χ1v) is 12.0. The molecule has 5 rings (SSSR count). The molecule has 184 valence electrons. The van der Waals surface area contributed by atoms with Crippen LogP contribution in [0.5, 0.6) is 5.75 Å². The lowest BCUT2D eigenvalue weighted by Gasteiger charge is -2.36. The Bertz CT molecular complexity index is 1500. The molecule has 36 heavy (non-hydrogen) atoms. The molecule has 0 unspecified atom stereocenters. The highest BCUT2D eigenvalue weighted by atomic mass is 16.5. The van der Waals surface area contributed by atoms with E-state index in [9.17, 15) is 14.4 Å². The number of rotatable bonds is 6. The highest BCUT2D eigenvalue weighted by Gasteiger charge is 2.23. The van der Waals surface area contributed by atoms with Gasteiger partial charge in [-0.1, -0.05) is 48.5 Å². The number of fused-ring (bicyclic) bond motifs is 1. The summed E-state index contributed by atoms with van der Waals surface area (Å²) in [4.78, 5) is 43.4. The summed E-state index contributed by atoms with van der Waals surface area (Å²) >= 11 is 0. The number of hydrogen-bond donors (Lipinski definition) is 0. The van der Waals surface area contributed by atoms with E-state index >= 15 is 0 Å². The van der Waals surface area contributed by atoms with Crippen molar-refractivity contribution in [3.63, 3.8) is 0 Å². The molecule has 1 saturated heterocycles. The van der Waals surface area contributed by atoms with Gasteiger partial charge in [-0.15, -0.1) is 0 Å². The van der Waals surface area contributed by atoms with Crippen LogP contribution in [0.25, 0.3) is 11.0 Å². The maximum atomic E-state index is 13.2. The van der Waals surface area contributed by atoms with Gasteiger partial charge in [0.25, 0.3) is 0 Å². The van der Waals surface area contributed by atoms with Gasteiger partial charge in [0.05, 0.1) is 24.7 Å². The van der Waals surface area contributed by atoms with Gasteiger partial charge in [-0.3, -0.25) is 23.5 Å². The fourth-order valence-corrected chi connectivity index (χ4v) is 4.71. The summed E-state index contributed by atoms with van der Waals surface area (Å²) in [5.74, 6) is 0.618. The zero-order valence-corrected chi connectivity index (χ0v) is 20.2. The zero-order valence-electron chi connectivity index (χ0n) is 20.2. The van der Waals surface area contributed by atoms with Gasteiger partial charge in [0, 0.05) is 37.9 Å². The van der Waals surface area contributed by atoms with Gasteiger partial charge in [0.2, 0.25) is 5.91 Å². The Morgan fingerprint density at radius 2 is 1.42 bits per heavy atom. The lowest BCUT2D eigenvalue weighted by Crippen LogP contribution is -2.51. The van der Waals surface area contributed by atoms with Gasteiger partial charge in [-0.25, -0.2) is 0 Å². The van der Waals surface area contributed by atoms with Crippen molar-refractivity contribution in [2.45, 2.75) is 13.1 Å². The molecule has 0 N–H and O–H groups in total. The molecule has 3 aromatic carbocycles. The van der Waals surface area contributed by atoms with Crippen LogP contribution in [0.2, 0.25) is 0 Å². The molecule has 2 heterocycles. The predicted molar refractivity (Wildman–Crippen MR) is 140 cm³/mol. The third-order valence-electron chi connectivity index (χ3n) is 6.66. The lowest BCUT2D eigenvalue weighted by molar-refractivity contribution is -0.132. The molecule has 0 radical (unpaired) electrons. The van der Waals surface area contributed by atoms with Crippen molar-refractivity contribution in [2.75, 3.05) is 38.2 Å². The Morgan fingerprint density at radius 3 is 2.11 bits per heavy atom. The molecule has 1 aliphatic heterocycles. The molecular weight excluding hydrogens is 456 g/mol. The normalized spacial score (nSPS) is 13.7. The van der Waals surface area contributed by atoms with E-state index in [1.807, 2.05) is 72.8 Å². The van der Waals surface area contributed by atoms with Gasteiger partial charge < -0.3 is 14.5 Å². The topological polar surface area (TPSA) is 76.8 Å². The summed E-state index contributed by atoms with van der Waals surface area (Å²) in [5, 5.41) is 0. The van der Waals surface area contributed by atoms with Crippen molar-refractivity contribution in [2.24, 2.45) is 0 Å². The van der Waals surface area contributed by atoms with Gasteiger partial charge in [0.1, 0.15) is 12.3 Å². The summed E-state index contributed by atoms with van der Waals surface area (Å²) in [6, 6.07) is 24.6. The van der Waals surface area contributed by atoms with E-state index in [0.717, 1.165) is 17.0 Å². The summed E-state index contributed by atoms with van der Waals surface area (Å²) in [6.07, 6.45) is 0. The summed E-state index contributed by atoms with van der Waals surface area (Å²) in [7, 11) is 1.64. The zero-order chi connectivity index (χ0) is 25.1. The van der Waals surface area contributed by atoms with E-state index in [4.69, 9.17) is 4.74 Å². The van der Waals surface area contributed by atoms with Gasteiger partial charge >= 0.3 is 11.1 Å². The minimum Gasteiger partial charge on any atom is -0.497 e. The number of carbonyl (C=O) groups is 1. The van der Waals surface area contributed by atoms with Crippen LogP contribution in [0, 0.1) is 0 Å². The molecule has 1 fully saturated rings. The summed E-state index contributed by atoms with van der Waals surface area (Å²) in [6.45, 7) is 2.54. The third-order valence-corrected chi connectivity index (χ3v) is 6.66. The van der Waals surface area contributed by atoms with Crippen LogP contribution in [0.3, 0.4) is 0 Å². The number of aromatic nitrogens is 2. The number of piperazine rings is 1. The van der Waals surface area contributed by atoms with Crippen molar-refractivity contribution in [3.05, 3.63) is 105 Å². The van der Waals surface area contributed by atoms with Gasteiger partial charge in [0.15, 0.2) is 0 Å². The van der Waals surface area contributed by atoms with Crippen LogP contribution in [-0.4, -0.2) is 53.2 Å². The van der Waals surface area contributed by atoms with Crippen LogP contribution in [0.15, 0.2) is 88.5 Å². The second-order valence-electron chi connectivity index (χ2n) is 8.83. The maximum Gasteiger partial charge on any atom is 0.317 e. The van der Waals surface area contributed by atoms with E-state index in [1.165, 1.54) is 9.13 Å². The SMILES string of the molecule is COc1cccc(N2CCN(C(=O)Cn3c(=O)c(=O)n(Cc4ccccc4)c4ccccc43)CC2)c1. The average Bonchev–Trinajstić information content (AvgIpc) is 2.94. The molecule has 0 saturated carbocycles. The summed E-state index contributed by atoms with van der Waals surface area (Å²) in [5.41, 5.74) is 1.85. The maximum absolute atomic E-state index is 13.2. The Balaban J connectivity index is 1.37. The quantitative estimate of drug-likeness (QED) is 0.393. The molecule has 0 bridgehead atoms. The first kappa shape index (κ1) is 23.4. The minimum atomic E-state index is -0.687. The van der Waals surface area contributed by atoms with Gasteiger partial charge in [-0.2, -0.15) is 0 Å². The largest absolute Gasteiger partial charge is 0.497 e. The first-order valence-electron chi connectivity index (χ1n) is 12.0. The molecule has 0 aliphatic carbocycles. The van der Waals surface area contributed by atoms with Crippen LogP contribution in [-0.2, 0) is 17.9 Å². The molecule has 1 amide bonds. The monoisotopic (exact) mass is 484 g/mol. The number of para-hydroxylation sites is 2. The smallest absolute Gasteiger partial charge is 0.317 e. The van der Waals surface area contributed by atoms with Crippen molar-refractivity contribution in [1.29, 1.82) is 0 Å². The van der Waals surface area contributed by atoms with Crippen LogP contribution < -0.4 is 20.8 Å².